The van der Waals surface area contributed by atoms with Crippen molar-refractivity contribution in [1.29, 1.82) is 0 Å². The number of hydrogen-bond acceptors (Lipinski definition) is 4. The molecule has 0 bridgehead atoms. The maximum absolute atomic E-state index is 14.4. The van der Waals surface area contributed by atoms with Crippen molar-refractivity contribution in [3.63, 3.8) is 0 Å². The van der Waals surface area contributed by atoms with Crippen LogP contribution >= 0.6 is 11.3 Å². The van der Waals surface area contributed by atoms with E-state index in [1.807, 2.05) is 0 Å². The van der Waals surface area contributed by atoms with E-state index in [1.54, 1.807) is 35.9 Å². The first-order valence-corrected chi connectivity index (χ1v) is 10.7. The monoisotopic (exact) mass is 467 g/mol. The summed E-state index contributed by atoms with van der Waals surface area (Å²) in [6.07, 6.45) is 0. The van der Waals surface area contributed by atoms with E-state index in [4.69, 9.17) is 0 Å². The largest absolute Gasteiger partial charge is 0.477 e. The Morgan fingerprint density at radius 1 is 1.09 bits per heavy atom. The molecule has 0 saturated heterocycles. The molecular formula is C23H15F2N3O4S. The number of benzene rings is 2. The van der Waals surface area contributed by atoms with E-state index in [0.717, 1.165) is 28.3 Å². The summed E-state index contributed by atoms with van der Waals surface area (Å²) in [5.41, 5.74) is -0.593. The van der Waals surface area contributed by atoms with Gasteiger partial charge in [-0.15, -0.1) is 11.3 Å². The highest BCUT2D eigenvalue weighted by Gasteiger charge is 2.27. The van der Waals surface area contributed by atoms with Crippen molar-refractivity contribution in [3.05, 3.63) is 96.5 Å². The SMILES string of the molecule is Cc1ccc2c(c1)c(-n1c(=O)[nH]c3cscc3c1=O)c(C(=O)O)n2Cc1cc(F)ccc1F. The van der Waals surface area contributed by atoms with Gasteiger partial charge in [0.05, 0.1) is 28.7 Å². The number of rotatable bonds is 4. The number of carbonyl (C=O) groups is 1. The fourth-order valence-electron chi connectivity index (χ4n) is 4.04. The number of nitrogens with one attached hydrogen (secondary N) is 1. The maximum atomic E-state index is 14.4. The molecule has 0 aliphatic rings. The Balaban J connectivity index is 1.91. The zero-order valence-corrected chi connectivity index (χ0v) is 17.9. The van der Waals surface area contributed by atoms with Gasteiger partial charge in [-0.1, -0.05) is 11.6 Å². The average molecular weight is 467 g/mol. The van der Waals surface area contributed by atoms with Crippen molar-refractivity contribution in [1.82, 2.24) is 14.1 Å². The molecule has 2 N–H and O–H groups in total. The molecule has 5 aromatic rings. The molecule has 7 nitrogen and oxygen atoms in total. The zero-order chi connectivity index (χ0) is 23.4. The van der Waals surface area contributed by atoms with Crippen molar-refractivity contribution in [2.24, 2.45) is 0 Å². The molecule has 5 rings (SSSR count). The van der Waals surface area contributed by atoms with Gasteiger partial charge in [0, 0.05) is 21.7 Å². The first-order valence-electron chi connectivity index (χ1n) is 9.78. The van der Waals surface area contributed by atoms with Gasteiger partial charge < -0.3 is 14.7 Å². The number of H-pyrrole nitrogens is 1. The molecule has 166 valence electrons. The van der Waals surface area contributed by atoms with E-state index < -0.39 is 28.9 Å². The van der Waals surface area contributed by atoms with Gasteiger partial charge in [-0.05, 0) is 37.3 Å². The smallest absolute Gasteiger partial charge is 0.354 e. The van der Waals surface area contributed by atoms with Crippen LogP contribution in [0.25, 0.3) is 27.5 Å². The van der Waals surface area contributed by atoms with E-state index in [9.17, 15) is 28.3 Å². The lowest BCUT2D eigenvalue weighted by Crippen LogP contribution is -2.34. The van der Waals surface area contributed by atoms with E-state index in [-0.39, 0.29) is 28.9 Å². The Morgan fingerprint density at radius 2 is 1.88 bits per heavy atom. The Kier molecular flexibility index (Phi) is 4.75. The summed E-state index contributed by atoms with van der Waals surface area (Å²) in [4.78, 5) is 41.2. The number of aryl methyl sites for hydroxylation is 1. The van der Waals surface area contributed by atoms with Gasteiger partial charge in [0.25, 0.3) is 5.56 Å². The second-order valence-electron chi connectivity index (χ2n) is 7.61. The summed E-state index contributed by atoms with van der Waals surface area (Å²) in [6, 6.07) is 7.91. The van der Waals surface area contributed by atoms with Crippen LogP contribution in [0.15, 0.2) is 56.7 Å². The summed E-state index contributed by atoms with van der Waals surface area (Å²) in [5.74, 6) is -2.81. The second kappa shape index (κ2) is 7.52. The molecule has 10 heteroatoms. The molecule has 0 aliphatic heterocycles. The summed E-state index contributed by atoms with van der Waals surface area (Å²) in [5, 5.41) is 13.9. The molecule has 0 amide bonds. The van der Waals surface area contributed by atoms with Crippen molar-refractivity contribution in [3.8, 4) is 5.69 Å². The second-order valence-corrected chi connectivity index (χ2v) is 8.36. The minimum Gasteiger partial charge on any atom is -0.477 e. The van der Waals surface area contributed by atoms with E-state index in [0.29, 0.717) is 16.4 Å². The Bertz CT molecular complexity index is 1710. The van der Waals surface area contributed by atoms with E-state index in [2.05, 4.69) is 4.98 Å². The minimum atomic E-state index is -1.42. The minimum absolute atomic E-state index is 0.0731. The number of hydrogen-bond donors (Lipinski definition) is 2. The predicted molar refractivity (Wildman–Crippen MR) is 121 cm³/mol. The van der Waals surface area contributed by atoms with Gasteiger partial charge in [0.15, 0.2) is 5.69 Å². The number of thiophene rings is 1. The van der Waals surface area contributed by atoms with Crippen LogP contribution in [0, 0.1) is 18.6 Å². The maximum Gasteiger partial charge on any atom is 0.354 e. The van der Waals surface area contributed by atoms with Crippen molar-refractivity contribution in [2.45, 2.75) is 13.5 Å². The standard InChI is InChI=1S/C23H15F2N3O4S/c1-11-2-5-18-14(6-11)19(28-21(29)15-9-33-10-17(15)26-23(28)32)20(22(30)31)27(18)8-12-7-13(24)3-4-16(12)25/h2-7,9-10H,8H2,1H3,(H,26,32)(H,30,31). The number of carboxylic acids is 1. The number of aromatic amines is 1. The first kappa shape index (κ1) is 20.8. The molecule has 2 aromatic carbocycles. The number of halogens is 2. The fraction of sp³-hybridized carbons (Fsp3) is 0.0870. The molecule has 0 spiro atoms. The summed E-state index contributed by atoms with van der Waals surface area (Å²) in [6.45, 7) is 1.46. The van der Waals surface area contributed by atoms with E-state index in [1.165, 1.54) is 15.9 Å². The third-order valence-electron chi connectivity index (χ3n) is 5.49. The number of carboxylic acid groups (broad SMARTS) is 1. The van der Waals surface area contributed by atoms with E-state index >= 15 is 0 Å². The van der Waals surface area contributed by atoms with Gasteiger partial charge >= 0.3 is 11.7 Å². The van der Waals surface area contributed by atoms with Crippen LogP contribution in [0.1, 0.15) is 21.6 Å². The average Bonchev–Trinajstić information content (AvgIpc) is 3.34. The Labute approximate surface area is 187 Å². The molecule has 0 fully saturated rings. The molecule has 0 atom stereocenters. The normalized spacial score (nSPS) is 11.5. The molecule has 3 heterocycles. The van der Waals surface area contributed by atoms with Crippen LogP contribution in [0.3, 0.4) is 0 Å². The summed E-state index contributed by atoms with van der Waals surface area (Å²) < 4.78 is 30.3. The predicted octanol–water partition coefficient (Wildman–Crippen LogP) is 4.03. The highest BCUT2D eigenvalue weighted by molar-refractivity contribution is 7.09. The third-order valence-corrected chi connectivity index (χ3v) is 6.24. The van der Waals surface area contributed by atoms with Crippen molar-refractivity contribution in [2.75, 3.05) is 0 Å². The molecule has 33 heavy (non-hydrogen) atoms. The highest BCUT2D eigenvalue weighted by atomic mass is 32.1. The number of aromatic carboxylic acids is 1. The summed E-state index contributed by atoms with van der Waals surface area (Å²) >= 11 is 1.22. The Hall–Kier alpha value is -4.05. The zero-order valence-electron chi connectivity index (χ0n) is 17.1. The highest BCUT2D eigenvalue weighted by Crippen LogP contribution is 2.31. The van der Waals surface area contributed by atoms with Crippen molar-refractivity contribution < 1.29 is 18.7 Å². The summed E-state index contributed by atoms with van der Waals surface area (Å²) in [7, 11) is 0. The number of nitrogens with zero attached hydrogens (tertiary/aromatic N) is 2. The van der Waals surface area contributed by atoms with Crippen LogP contribution in [0.4, 0.5) is 8.78 Å². The lowest BCUT2D eigenvalue weighted by atomic mass is 10.1. The van der Waals surface area contributed by atoms with Gasteiger partial charge in [0.2, 0.25) is 0 Å². The molecule has 0 unspecified atom stereocenters. The van der Waals surface area contributed by atoms with Crippen LogP contribution in [0.2, 0.25) is 0 Å². The topological polar surface area (TPSA) is 97.1 Å². The van der Waals surface area contributed by atoms with Gasteiger partial charge in [-0.3, -0.25) is 4.79 Å². The van der Waals surface area contributed by atoms with Gasteiger partial charge in [-0.25, -0.2) is 22.9 Å². The molecule has 0 saturated carbocycles. The molecular weight excluding hydrogens is 452 g/mol. The van der Waals surface area contributed by atoms with Crippen molar-refractivity contribution >= 4 is 39.1 Å². The van der Waals surface area contributed by atoms with Crippen LogP contribution in [0.5, 0.6) is 0 Å². The van der Waals surface area contributed by atoms with Crippen LogP contribution < -0.4 is 11.2 Å². The van der Waals surface area contributed by atoms with Gasteiger partial charge in [0.1, 0.15) is 11.6 Å². The third kappa shape index (κ3) is 3.26. The first-order chi connectivity index (χ1) is 15.8. The molecule has 0 radical (unpaired) electrons. The number of aromatic nitrogens is 3. The number of fused-ring (bicyclic) bond motifs is 2. The van der Waals surface area contributed by atoms with Crippen LogP contribution in [-0.2, 0) is 6.54 Å². The molecule has 0 aliphatic carbocycles. The Morgan fingerprint density at radius 3 is 2.64 bits per heavy atom. The molecule has 3 aromatic heterocycles. The van der Waals surface area contributed by atoms with Gasteiger partial charge in [-0.2, -0.15) is 0 Å². The van der Waals surface area contributed by atoms with Crippen LogP contribution in [-0.4, -0.2) is 25.2 Å². The lowest BCUT2D eigenvalue weighted by molar-refractivity contribution is 0.0686. The fourth-order valence-corrected chi connectivity index (χ4v) is 4.79. The quantitative estimate of drug-likeness (QED) is 0.417. The lowest BCUT2D eigenvalue weighted by Gasteiger charge is -2.11.